The largest absolute Gasteiger partial charge is 0.495 e. The first kappa shape index (κ1) is 11.8. The lowest BCUT2D eigenvalue weighted by Crippen LogP contribution is -2.16. The number of fused-ring (bicyclic) bond motifs is 1. The van der Waals surface area contributed by atoms with E-state index in [0.29, 0.717) is 12.3 Å². The van der Waals surface area contributed by atoms with Gasteiger partial charge < -0.3 is 14.7 Å². The summed E-state index contributed by atoms with van der Waals surface area (Å²) in [6, 6.07) is 5.97. The van der Waals surface area contributed by atoms with Crippen LogP contribution in [0.4, 0.5) is 5.69 Å². The Morgan fingerprint density at radius 2 is 2.35 bits per heavy atom. The Kier molecular flexibility index (Phi) is 3.22. The fourth-order valence-corrected chi connectivity index (χ4v) is 2.51. The molecule has 0 aromatic heterocycles. The third-order valence-electron chi connectivity index (χ3n) is 3.27. The van der Waals surface area contributed by atoms with E-state index in [1.807, 2.05) is 19.2 Å². The number of nitrogens with zero attached hydrogens (tertiary/aromatic N) is 1. The molecule has 0 fully saturated rings. The zero-order valence-corrected chi connectivity index (χ0v) is 10.1. The maximum absolute atomic E-state index is 10.6. The molecule has 0 bridgehead atoms. The molecule has 17 heavy (non-hydrogen) atoms. The molecule has 1 N–H and O–H groups in total. The van der Waals surface area contributed by atoms with Crippen molar-refractivity contribution in [1.82, 2.24) is 0 Å². The number of anilines is 1. The topological polar surface area (TPSA) is 49.8 Å². The second-order valence-corrected chi connectivity index (χ2v) is 4.41. The summed E-state index contributed by atoms with van der Waals surface area (Å²) >= 11 is 0. The van der Waals surface area contributed by atoms with Crippen LogP contribution in [0.1, 0.15) is 24.3 Å². The molecule has 1 aliphatic rings. The Morgan fingerprint density at radius 1 is 1.59 bits per heavy atom. The summed E-state index contributed by atoms with van der Waals surface area (Å²) in [4.78, 5) is 12.8. The van der Waals surface area contributed by atoms with E-state index in [0.717, 1.165) is 18.0 Å². The highest BCUT2D eigenvalue weighted by atomic mass is 16.5. The Morgan fingerprint density at radius 3 is 3.00 bits per heavy atom. The number of likely N-dealkylation sites (N-methyl/N-ethyl adjacent to an activating group) is 1. The number of rotatable bonds is 4. The van der Waals surface area contributed by atoms with Crippen molar-refractivity contribution in [3.05, 3.63) is 23.8 Å². The lowest BCUT2D eigenvalue weighted by molar-refractivity contribution is -0.137. The summed E-state index contributed by atoms with van der Waals surface area (Å²) in [5.41, 5.74) is 2.30. The van der Waals surface area contributed by atoms with Crippen LogP contribution in [0.2, 0.25) is 0 Å². The first-order valence-electron chi connectivity index (χ1n) is 5.73. The van der Waals surface area contributed by atoms with Crippen LogP contribution < -0.4 is 9.64 Å². The minimum atomic E-state index is -0.732. The van der Waals surface area contributed by atoms with Crippen molar-refractivity contribution in [2.75, 3.05) is 25.6 Å². The average molecular weight is 235 g/mol. The normalized spacial score (nSPS) is 18.0. The molecule has 0 amide bonds. The zero-order valence-electron chi connectivity index (χ0n) is 10.1. The molecule has 92 valence electrons. The van der Waals surface area contributed by atoms with Crippen LogP contribution in [0.3, 0.4) is 0 Å². The quantitative estimate of drug-likeness (QED) is 0.868. The molecule has 0 saturated heterocycles. The van der Waals surface area contributed by atoms with Gasteiger partial charge in [0.2, 0.25) is 0 Å². The van der Waals surface area contributed by atoms with Crippen LogP contribution in [0.25, 0.3) is 0 Å². The lowest BCUT2D eigenvalue weighted by Gasteiger charge is -2.15. The van der Waals surface area contributed by atoms with E-state index >= 15 is 0 Å². The number of para-hydroxylation sites is 1. The van der Waals surface area contributed by atoms with Gasteiger partial charge in [0.25, 0.3) is 0 Å². The van der Waals surface area contributed by atoms with Gasteiger partial charge in [0, 0.05) is 25.9 Å². The number of benzene rings is 1. The van der Waals surface area contributed by atoms with Crippen molar-refractivity contribution in [2.24, 2.45) is 0 Å². The Bertz CT molecular complexity index is 431. The number of ether oxygens (including phenoxy) is 1. The Labute approximate surface area is 101 Å². The number of carboxylic acids is 1. The molecule has 0 spiro atoms. The van der Waals surface area contributed by atoms with Gasteiger partial charge in [0.05, 0.1) is 12.8 Å². The van der Waals surface area contributed by atoms with Gasteiger partial charge in [0.1, 0.15) is 5.75 Å². The summed E-state index contributed by atoms with van der Waals surface area (Å²) in [6.45, 7) is 0.864. The summed E-state index contributed by atoms with van der Waals surface area (Å²) in [6.07, 6.45) is 0.898. The molecule has 1 aromatic carbocycles. The predicted octanol–water partition coefficient (Wildman–Crippen LogP) is 2.09. The summed E-state index contributed by atoms with van der Waals surface area (Å²) in [7, 11) is 3.68. The molecule has 1 aromatic rings. The smallest absolute Gasteiger partial charge is 0.303 e. The van der Waals surface area contributed by atoms with Gasteiger partial charge in [-0.05, 0) is 18.1 Å². The van der Waals surface area contributed by atoms with Crippen LogP contribution in [0.15, 0.2) is 18.2 Å². The number of carbonyl (C=O) groups is 1. The van der Waals surface area contributed by atoms with E-state index in [-0.39, 0.29) is 6.42 Å². The Balaban J connectivity index is 2.25. The highest BCUT2D eigenvalue weighted by Crippen LogP contribution is 2.43. The van der Waals surface area contributed by atoms with E-state index < -0.39 is 5.97 Å². The molecule has 4 heteroatoms. The highest BCUT2D eigenvalue weighted by Gasteiger charge is 2.29. The molecular formula is C13H17NO3. The molecule has 1 heterocycles. The molecule has 0 aliphatic carbocycles. The number of hydrogen-bond donors (Lipinski definition) is 1. The standard InChI is InChI=1S/C13H17NO3/c1-14-8-9(6-7-12(15)16)10-4-3-5-11(17-2)13(10)14/h3-5,9H,6-8H2,1-2H3,(H,15,16). The summed E-state index contributed by atoms with van der Waals surface area (Å²) in [5, 5.41) is 8.75. The number of carboxylic acid groups (broad SMARTS) is 1. The van der Waals surface area contributed by atoms with Gasteiger partial charge in [-0.2, -0.15) is 0 Å². The summed E-state index contributed by atoms with van der Waals surface area (Å²) < 4.78 is 5.34. The van der Waals surface area contributed by atoms with E-state index in [4.69, 9.17) is 9.84 Å². The number of aliphatic carboxylic acids is 1. The van der Waals surface area contributed by atoms with Crippen molar-refractivity contribution in [2.45, 2.75) is 18.8 Å². The fourth-order valence-electron chi connectivity index (χ4n) is 2.51. The van der Waals surface area contributed by atoms with Gasteiger partial charge in [0.15, 0.2) is 0 Å². The first-order chi connectivity index (χ1) is 8.13. The molecule has 2 rings (SSSR count). The monoisotopic (exact) mass is 235 g/mol. The minimum Gasteiger partial charge on any atom is -0.495 e. The zero-order chi connectivity index (χ0) is 12.4. The first-order valence-corrected chi connectivity index (χ1v) is 5.73. The van der Waals surface area contributed by atoms with Crippen molar-refractivity contribution >= 4 is 11.7 Å². The van der Waals surface area contributed by atoms with E-state index in [2.05, 4.69) is 11.0 Å². The Hall–Kier alpha value is -1.71. The maximum atomic E-state index is 10.6. The van der Waals surface area contributed by atoms with Crippen molar-refractivity contribution in [3.8, 4) is 5.75 Å². The third kappa shape index (κ3) is 2.20. The SMILES string of the molecule is COc1cccc2c1N(C)CC2CCC(=O)O. The van der Waals surface area contributed by atoms with Gasteiger partial charge in [-0.25, -0.2) is 0 Å². The van der Waals surface area contributed by atoms with Gasteiger partial charge >= 0.3 is 5.97 Å². The van der Waals surface area contributed by atoms with Crippen LogP contribution in [-0.2, 0) is 4.79 Å². The lowest BCUT2D eigenvalue weighted by atomic mass is 9.96. The fraction of sp³-hybridized carbons (Fsp3) is 0.462. The van der Waals surface area contributed by atoms with E-state index in [9.17, 15) is 4.79 Å². The van der Waals surface area contributed by atoms with Crippen LogP contribution in [0.5, 0.6) is 5.75 Å². The molecular weight excluding hydrogens is 218 g/mol. The molecule has 0 radical (unpaired) electrons. The predicted molar refractivity (Wildman–Crippen MR) is 65.9 cm³/mol. The second kappa shape index (κ2) is 4.65. The van der Waals surface area contributed by atoms with Crippen molar-refractivity contribution in [3.63, 3.8) is 0 Å². The van der Waals surface area contributed by atoms with Crippen LogP contribution in [0, 0.1) is 0 Å². The third-order valence-corrected chi connectivity index (χ3v) is 3.27. The van der Waals surface area contributed by atoms with E-state index in [1.54, 1.807) is 7.11 Å². The second-order valence-electron chi connectivity index (χ2n) is 4.41. The number of hydrogen-bond acceptors (Lipinski definition) is 3. The molecule has 1 atom stereocenters. The van der Waals surface area contributed by atoms with Crippen LogP contribution in [-0.4, -0.2) is 31.8 Å². The maximum Gasteiger partial charge on any atom is 0.303 e. The average Bonchev–Trinajstić information content (AvgIpc) is 2.64. The molecule has 0 saturated carbocycles. The van der Waals surface area contributed by atoms with E-state index in [1.165, 1.54) is 5.56 Å². The van der Waals surface area contributed by atoms with Crippen LogP contribution >= 0.6 is 0 Å². The number of methoxy groups -OCH3 is 1. The van der Waals surface area contributed by atoms with Gasteiger partial charge in [-0.1, -0.05) is 12.1 Å². The summed E-state index contributed by atoms with van der Waals surface area (Å²) in [5.74, 6) is 0.424. The molecule has 4 nitrogen and oxygen atoms in total. The van der Waals surface area contributed by atoms with Gasteiger partial charge in [-0.3, -0.25) is 4.79 Å². The van der Waals surface area contributed by atoms with Crippen molar-refractivity contribution < 1.29 is 14.6 Å². The van der Waals surface area contributed by atoms with Crippen molar-refractivity contribution in [1.29, 1.82) is 0 Å². The minimum absolute atomic E-state index is 0.217. The molecule has 1 aliphatic heterocycles. The molecule has 1 unspecified atom stereocenters. The van der Waals surface area contributed by atoms with Gasteiger partial charge in [-0.15, -0.1) is 0 Å². The highest BCUT2D eigenvalue weighted by molar-refractivity contribution is 5.70.